The van der Waals surface area contributed by atoms with Crippen LogP contribution in [-0.2, 0) is 30.3 Å². The third-order valence-corrected chi connectivity index (χ3v) is 6.38. The van der Waals surface area contributed by atoms with E-state index >= 15 is 0 Å². The van der Waals surface area contributed by atoms with Gasteiger partial charge >= 0.3 is 0 Å². The predicted molar refractivity (Wildman–Crippen MR) is 121 cm³/mol. The molecule has 1 aromatic rings. The zero-order valence-corrected chi connectivity index (χ0v) is 18.8. The lowest BCUT2D eigenvalue weighted by Crippen LogP contribution is -2.40. The van der Waals surface area contributed by atoms with E-state index in [2.05, 4.69) is 18.7 Å². The Balaban J connectivity index is 1.52. The first-order valence-corrected chi connectivity index (χ1v) is 11.7. The molecule has 0 saturated carbocycles. The van der Waals surface area contributed by atoms with Crippen molar-refractivity contribution >= 4 is 6.29 Å². The van der Waals surface area contributed by atoms with Gasteiger partial charge in [0.2, 0.25) is 0 Å². The maximum atomic E-state index is 10.8. The van der Waals surface area contributed by atoms with Crippen molar-refractivity contribution in [2.24, 2.45) is 0 Å². The number of carbonyl (C=O) groups excluding carboxylic acids is 1. The van der Waals surface area contributed by atoms with Crippen molar-refractivity contribution in [1.82, 2.24) is 0 Å². The third-order valence-electron chi connectivity index (χ3n) is 6.38. The highest BCUT2D eigenvalue weighted by Crippen LogP contribution is 2.30. The van der Waals surface area contributed by atoms with Gasteiger partial charge in [0.1, 0.15) is 6.29 Å². The van der Waals surface area contributed by atoms with Crippen molar-refractivity contribution < 1.29 is 23.7 Å². The normalized spacial score (nSPS) is 29.9. The number of carbonyl (C=O) groups is 1. The molecule has 0 spiro atoms. The summed E-state index contributed by atoms with van der Waals surface area (Å²) in [4.78, 5) is 10.8. The molecule has 6 atom stereocenters. The van der Waals surface area contributed by atoms with Crippen LogP contribution in [-0.4, -0.2) is 50.0 Å². The van der Waals surface area contributed by atoms with Gasteiger partial charge in [-0.25, -0.2) is 0 Å². The second kappa shape index (κ2) is 13.1. The molecule has 5 nitrogen and oxygen atoms in total. The van der Waals surface area contributed by atoms with E-state index in [9.17, 15) is 4.79 Å². The number of ether oxygens (including phenoxy) is 4. The number of hydrogen-bond acceptors (Lipinski definition) is 5. The molecule has 31 heavy (non-hydrogen) atoms. The van der Waals surface area contributed by atoms with Gasteiger partial charge in [0.05, 0.1) is 43.2 Å². The van der Waals surface area contributed by atoms with Crippen LogP contribution in [0.25, 0.3) is 0 Å². The minimum atomic E-state index is 0.0624. The van der Waals surface area contributed by atoms with Gasteiger partial charge in [-0.15, -0.1) is 6.58 Å². The van der Waals surface area contributed by atoms with Crippen molar-refractivity contribution in [3.8, 4) is 0 Å². The SMILES string of the molecule is C=CC[C@@H]1CC(OCc2ccccc2)CC(C[C@H](CC2CCCC(CC=O)O2)OC)O1. The topological polar surface area (TPSA) is 54.0 Å². The Morgan fingerprint density at radius 2 is 1.74 bits per heavy atom. The van der Waals surface area contributed by atoms with Crippen LogP contribution in [0.3, 0.4) is 0 Å². The lowest BCUT2D eigenvalue weighted by Gasteiger charge is -2.37. The molecule has 3 rings (SSSR count). The fraction of sp³-hybridized carbons (Fsp3) is 0.654. The molecular weight excluding hydrogens is 392 g/mol. The average molecular weight is 431 g/mol. The highest BCUT2D eigenvalue weighted by atomic mass is 16.5. The van der Waals surface area contributed by atoms with Crippen LogP contribution in [0.15, 0.2) is 43.0 Å². The standard InChI is InChI=1S/C26H38O5/c1-3-8-22-16-25(29-19-20-9-5-4-6-10-20)18-26(31-22)17-24(28-2)15-23-12-7-11-21(30-23)13-14-27/h3-6,9-10,14,21-26H,1,7-8,11-13,15-19H2,2H3/t21?,22-,23?,24+,25?,26?/m1/s1. The Bertz CT molecular complexity index is 648. The number of hydrogen-bond donors (Lipinski definition) is 0. The van der Waals surface area contributed by atoms with Crippen LogP contribution < -0.4 is 0 Å². The summed E-state index contributed by atoms with van der Waals surface area (Å²) in [6, 6.07) is 10.3. The predicted octanol–water partition coefficient (Wildman–Crippen LogP) is 5.02. The Kier molecular flexibility index (Phi) is 10.2. The number of methoxy groups -OCH3 is 1. The maximum Gasteiger partial charge on any atom is 0.122 e. The molecule has 0 aromatic heterocycles. The molecule has 0 N–H and O–H groups in total. The minimum absolute atomic E-state index is 0.0624. The summed E-state index contributed by atoms with van der Waals surface area (Å²) in [5.41, 5.74) is 1.19. The van der Waals surface area contributed by atoms with Crippen LogP contribution >= 0.6 is 0 Å². The van der Waals surface area contributed by atoms with Crippen LogP contribution in [0, 0.1) is 0 Å². The lowest BCUT2D eigenvalue weighted by molar-refractivity contribution is -0.135. The minimum Gasteiger partial charge on any atom is -0.381 e. The molecule has 0 bridgehead atoms. The van der Waals surface area contributed by atoms with Gasteiger partial charge in [-0.3, -0.25) is 0 Å². The molecule has 2 fully saturated rings. The van der Waals surface area contributed by atoms with Gasteiger partial charge in [-0.05, 0) is 50.5 Å². The summed E-state index contributed by atoms with van der Waals surface area (Å²) in [5.74, 6) is 0. The van der Waals surface area contributed by atoms with Crippen molar-refractivity contribution in [2.45, 2.75) is 101 Å². The van der Waals surface area contributed by atoms with Crippen molar-refractivity contribution in [2.75, 3.05) is 7.11 Å². The van der Waals surface area contributed by atoms with E-state index in [0.717, 1.165) is 57.7 Å². The monoisotopic (exact) mass is 430 g/mol. The summed E-state index contributed by atoms with van der Waals surface area (Å²) < 4.78 is 24.6. The zero-order valence-electron chi connectivity index (χ0n) is 18.8. The molecule has 0 amide bonds. The summed E-state index contributed by atoms with van der Waals surface area (Å²) in [6.07, 6.45) is 11.5. The molecule has 5 heteroatoms. The van der Waals surface area contributed by atoms with E-state index in [0.29, 0.717) is 13.0 Å². The van der Waals surface area contributed by atoms with Gasteiger partial charge in [0.25, 0.3) is 0 Å². The Hall–Kier alpha value is -1.53. The molecule has 172 valence electrons. The number of benzene rings is 1. The quantitative estimate of drug-likeness (QED) is 0.344. The van der Waals surface area contributed by atoms with Gasteiger partial charge in [0.15, 0.2) is 0 Å². The van der Waals surface area contributed by atoms with Gasteiger partial charge in [0, 0.05) is 20.0 Å². The van der Waals surface area contributed by atoms with Crippen LogP contribution in [0.1, 0.15) is 63.4 Å². The summed E-state index contributed by atoms with van der Waals surface area (Å²) in [7, 11) is 1.77. The van der Waals surface area contributed by atoms with Crippen molar-refractivity contribution in [3.05, 3.63) is 48.6 Å². The summed E-state index contributed by atoms with van der Waals surface area (Å²) in [6.45, 7) is 4.51. The van der Waals surface area contributed by atoms with Gasteiger partial charge < -0.3 is 23.7 Å². The number of aldehydes is 1. The second-order valence-electron chi connectivity index (χ2n) is 8.84. The molecular formula is C26H38O5. The molecule has 2 saturated heterocycles. The molecule has 2 aliphatic rings. The van der Waals surface area contributed by atoms with E-state index in [1.54, 1.807) is 7.11 Å². The Morgan fingerprint density at radius 3 is 2.48 bits per heavy atom. The molecule has 1 aromatic carbocycles. The highest BCUT2D eigenvalue weighted by Gasteiger charge is 2.33. The summed E-state index contributed by atoms with van der Waals surface area (Å²) >= 11 is 0. The largest absolute Gasteiger partial charge is 0.381 e. The van der Waals surface area contributed by atoms with Gasteiger partial charge in [-0.1, -0.05) is 36.4 Å². The first kappa shape index (κ1) is 24.1. The highest BCUT2D eigenvalue weighted by molar-refractivity contribution is 5.50. The molecule has 2 aliphatic heterocycles. The lowest BCUT2D eigenvalue weighted by atomic mass is 9.92. The van der Waals surface area contributed by atoms with Crippen LogP contribution in [0.4, 0.5) is 0 Å². The fourth-order valence-electron chi connectivity index (χ4n) is 4.79. The van der Waals surface area contributed by atoms with E-state index in [1.807, 2.05) is 24.3 Å². The first-order valence-electron chi connectivity index (χ1n) is 11.7. The second-order valence-corrected chi connectivity index (χ2v) is 8.84. The van der Waals surface area contributed by atoms with E-state index in [1.165, 1.54) is 5.56 Å². The van der Waals surface area contributed by atoms with E-state index < -0.39 is 0 Å². The average Bonchev–Trinajstić information content (AvgIpc) is 2.78. The third kappa shape index (κ3) is 8.15. The molecule has 4 unspecified atom stereocenters. The molecule has 0 aliphatic carbocycles. The van der Waals surface area contributed by atoms with E-state index in [-0.39, 0.29) is 36.6 Å². The summed E-state index contributed by atoms with van der Waals surface area (Å²) in [5, 5.41) is 0. The Labute approximate surface area is 187 Å². The number of rotatable bonds is 12. The first-order chi connectivity index (χ1) is 15.2. The van der Waals surface area contributed by atoms with Crippen LogP contribution in [0.5, 0.6) is 0 Å². The fourth-order valence-corrected chi connectivity index (χ4v) is 4.79. The van der Waals surface area contributed by atoms with Crippen LogP contribution in [0.2, 0.25) is 0 Å². The smallest absolute Gasteiger partial charge is 0.122 e. The maximum absolute atomic E-state index is 10.8. The molecule has 2 heterocycles. The molecule has 0 radical (unpaired) electrons. The Morgan fingerprint density at radius 1 is 1.03 bits per heavy atom. The zero-order chi connectivity index (χ0) is 21.9. The van der Waals surface area contributed by atoms with Gasteiger partial charge in [-0.2, -0.15) is 0 Å². The van der Waals surface area contributed by atoms with Crippen molar-refractivity contribution in [3.63, 3.8) is 0 Å². The van der Waals surface area contributed by atoms with E-state index in [4.69, 9.17) is 18.9 Å². The van der Waals surface area contributed by atoms with Crippen molar-refractivity contribution in [1.29, 1.82) is 0 Å².